The molecule has 0 radical (unpaired) electrons. The highest BCUT2D eigenvalue weighted by atomic mass is 32.2. The Kier molecular flexibility index (Phi) is 4.82. The number of methoxy groups -OCH3 is 2. The van der Waals surface area contributed by atoms with Crippen LogP contribution in [0.15, 0.2) is 23.1 Å². The molecule has 0 atom stereocenters. The maximum atomic E-state index is 12.6. The summed E-state index contributed by atoms with van der Waals surface area (Å²) < 4.78 is 37.8. The van der Waals surface area contributed by atoms with E-state index >= 15 is 0 Å². The van der Waals surface area contributed by atoms with Gasteiger partial charge in [0.15, 0.2) is 16.6 Å². The predicted octanol–water partition coefficient (Wildman–Crippen LogP) is 1.64. The van der Waals surface area contributed by atoms with Crippen LogP contribution in [0.2, 0.25) is 0 Å². The number of benzene rings is 1. The third-order valence-electron chi connectivity index (χ3n) is 3.67. The molecule has 134 valence electrons. The summed E-state index contributed by atoms with van der Waals surface area (Å²) in [6, 6.07) is 4.29. The van der Waals surface area contributed by atoms with Crippen LogP contribution in [-0.2, 0) is 16.4 Å². The van der Waals surface area contributed by atoms with Crippen molar-refractivity contribution in [1.82, 2.24) is 10.3 Å². The number of sulfonamides is 1. The van der Waals surface area contributed by atoms with Crippen LogP contribution in [0.3, 0.4) is 0 Å². The summed E-state index contributed by atoms with van der Waals surface area (Å²) in [6.45, 7) is 0.592. The Morgan fingerprint density at radius 3 is 2.72 bits per heavy atom. The van der Waals surface area contributed by atoms with Gasteiger partial charge in [0.05, 0.1) is 24.8 Å². The Morgan fingerprint density at radius 1 is 1.24 bits per heavy atom. The van der Waals surface area contributed by atoms with Crippen molar-refractivity contribution in [2.45, 2.75) is 17.7 Å². The van der Waals surface area contributed by atoms with Crippen LogP contribution in [0.5, 0.6) is 11.5 Å². The minimum Gasteiger partial charge on any atom is -0.493 e. The number of thiazole rings is 1. The van der Waals surface area contributed by atoms with Crippen molar-refractivity contribution >= 4 is 32.4 Å². The lowest BCUT2D eigenvalue weighted by Gasteiger charge is -2.10. The SMILES string of the molecule is COc1ccc(S(=O)(=O)Nc2nc3c(s2)C(=O)NCCC3)cc1OC. The molecule has 1 amide bonds. The second-order valence-electron chi connectivity index (χ2n) is 5.28. The Labute approximate surface area is 149 Å². The number of nitrogens with zero attached hydrogens (tertiary/aromatic N) is 1. The van der Waals surface area contributed by atoms with E-state index in [1.807, 2.05) is 0 Å². The summed E-state index contributed by atoms with van der Waals surface area (Å²) in [5.41, 5.74) is 0.616. The molecule has 0 saturated carbocycles. The first-order valence-corrected chi connectivity index (χ1v) is 9.77. The summed E-state index contributed by atoms with van der Waals surface area (Å²) in [7, 11) is -0.967. The molecule has 1 aliphatic heterocycles. The lowest BCUT2D eigenvalue weighted by molar-refractivity contribution is 0.0960. The molecule has 1 aliphatic rings. The number of aromatic nitrogens is 1. The zero-order valence-electron chi connectivity index (χ0n) is 13.7. The molecular weight excluding hydrogens is 366 g/mol. The summed E-state index contributed by atoms with van der Waals surface area (Å²) in [4.78, 5) is 16.7. The highest BCUT2D eigenvalue weighted by molar-refractivity contribution is 7.93. The van der Waals surface area contributed by atoms with Crippen LogP contribution in [0, 0.1) is 0 Å². The number of ether oxygens (including phenoxy) is 2. The summed E-state index contributed by atoms with van der Waals surface area (Å²) in [6.07, 6.45) is 1.40. The zero-order chi connectivity index (χ0) is 18.0. The van der Waals surface area contributed by atoms with E-state index in [1.54, 1.807) is 0 Å². The normalized spacial score (nSPS) is 14.2. The fraction of sp³-hybridized carbons (Fsp3) is 0.333. The largest absolute Gasteiger partial charge is 0.493 e. The Hall–Kier alpha value is -2.33. The van der Waals surface area contributed by atoms with Crippen molar-refractivity contribution in [3.8, 4) is 11.5 Å². The molecule has 0 unspecified atom stereocenters. The van der Waals surface area contributed by atoms with Crippen LogP contribution in [0.1, 0.15) is 21.8 Å². The van der Waals surface area contributed by atoms with Gasteiger partial charge in [-0.05, 0) is 25.0 Å². The van der Waals surface area contributed by atoms with Gasteiger partial charge in [-0.2, -0.15) is 0 Å². The van der Waals surface area contributed by atoms with Gasteiger partial charge >= 0.3 is 0 Å². The Morgan fingerprint density at radius 2 is 2.00 bits per heavy atom. The fourth-order valence-corrected chi connectivity index (χ4v) is 4.62. The average Bonchev–Trinajstić information content (AvgIpc) is 2.91. The molecule has 8 nitrogen and oxygen atoms in total. The van der Waals surface area contributed by atoms with Crippen molar-refractivity contribution in [3.63, 3.8) is 0 Å². The van der Waals surface area contributed by atoms with Crippen molar-refractivity contribution in [2.24, 2.45) is 0 Å². The van der Waals surface area contributed by atoms with Crippen molar-refractivity contribution in [3.05, 3.63) is 28.8 Å². The molecule has 10 heteroatoms. The number of nitrogens with one attached hydrogen (secondary N) is 2. The first-order valence-electron chi connectivity index (χ1n) is 7.47. The van der Waals surface area contributed by atoms with Gasteiger partial charge in [-0.1, -0.05) is 11.3 Å². The van der Waals surface area contributed by atoms with E-state index in [4.69, 9.17) is 9.47 Å². The van der Waals surface area contributed by atoms with Gasteiger partial charge in [-0.15, -0.1) is 0 Å². The van der Waals surface area contributed by atoms with Gasteiger partial charge in [0.25, 0.3) is 15.9 Å². The molecule has 2 N–H and O–H groups in total. The molecule has 25 heavy (non-hydrogen) atoms. The standard InChI is InChI=1S/C15H17N3O5S2/c1-22-11-6-5-9(8-12(11)23-2)25(20,21)18-15-17-10-4-3-7-16-14(19)13(10)24-15/h5-6,8H,3-4,7H2,1-2H3,(H,16,19)(H,17,18). The highest BCUT2D eigenvalue weighted by Gasteiger charge is 2.24. The maximum Gasteiger partial charge on any atom is 0.263 e. The molecule has 3 rings (SSSR count). The van der Waals surface area contributed by atoms with Crippen molar-refractivity contribution < 1.29 is 22.7 Å². The number of aryl methyl sites for hydroxylation is 1. The van der Waals surface area contributed by atoms with E-state index in [0.717, 1.165) is 17.8 Å². The number of fused-ring (bicyclic) bond motifs is 1. The molecule has 0 saturated heterocycles. The molecule has 0 aliphatic carbocycles. The van der Waals surface area contributed by atoms with Crippen LogP contribution < -0.4 is 19.5 Å². The Bertz CT molecular complexity index is 908. The Balaban J connectivity index is 1.90. The van der Waals surface area contributed by atoms with E-state index in [0.29, 0.717) is 35.0 Å². The van der Waals surface area contributed by atoms with E-state index < -0.39 is 10.0 Å². The zero-order valence-corrected chi connectivity index (χ0v) is 15.3. The average molecular weight is 383 g/mol. The molecular formula is C15H17N3O5S2. The van der Waals surface area contributed by atoms with Crippen molar-refractivity contribution in [2.75, 3.05) is 25.5 Å². The number of amides is 1. The number of hydrogen-bond acceptors (Lipinski definition) is 7. The van der Waals surface area contributed by atoms with Gasteiger partial charge in [0.2, 0.25) is 0 Å². The number of hydrogen-bond donors (Lipinski definition) is 2. The van der Waals surface area contributed by atoms with Gasteiger partial charge in [0.1, 0.15) is 4.88 Å². The van der Waals surface area contributed by atoms with Crippen LogP contribution in [-0.4, -0.2) is 40.1 Å². The van der Waals surface area contributed by atoms with Crippen molar-refractivity contribution in [1.29, 1.82) is 0 Å². The van der Waals surface area contributed by atoms with Gasteiger partial charge in [-0.25, -0.2) is 13.4 Å². The molecule has 2 heterocycles. The molecule has 1 aromatic carbocycles. The topological polar surface area (TPSA) is 107 Å². The second kappa shape index (κ2) is 6.89. The minimum atomic E-state index is -3.87. The number of anilines is 1. The minimum absolute atomic E-state index is 0.0139. The van der Waals surface area contributed by atoms with E-state index in [2.05, 4.69) is 15.0 Å². The third-order valence-corrected chi connectivity index (χ3v) is 6.14. The summed E-state index contributed by atoms with van der Waals surface area (Å²) in [5.74, 6) is 0.514. The lowest BCUT2D eigenvalue weighted by Crippen LogP contribution is -2.21. The fourth-order valence-electron chi connectivity index (χ4n) is 2.44. The van der Waals surface area contributed by atoms with Crippen LogP contribution in [0.25, 0.3) is 0 Å². The lowest BCUT2D eigenvalue weighted by atomic mass is 10.2. The summed E-state index contributed by atoms with van der Waals surface area (Å²) in [5, 5.41) is 2.92. The highest BCUT2D eigenvalue weighted by Crippen LogP contribution is 2.31. The monoisotopic (exact) mass is 383 g/mol. The van der Waals surface area contributed by atoms with E-state index in [1.165, 1.54) is 32.4 Å². The molecule has 1 aromatic heterocycles. The quantitative estimate of drug-likeness (QED) is 0.813. The van der Waals surface area contributed by atoms with Crippen LogP contribution in [0.4, 0.5) is 5.13 Å². The second-order valence-corrected chi connectivity index (χ2v) is 7.96. The first kappa shape index (κ1) is 17.5. The third kappa shape index (κ3) is 3.54. The molecule has 0 bridgehead atoms. The molecule has 2 aromatic rings. The van der Waals surface area contributed by atoms with E-state index in [9.17, 15) is 13.2 Å². The van der Waals surface area contributed by atoms with E-state index in [-0.39, 0.29) is 15.9 Å². The smallest absolute Gasteiger partial charge is 0.263 e. The predicted molar refractivity (Wildman–Crippen MR) is 93.1 cm³/mol. The number of carbonyl (C=O) groups is 1. The number of rotatable bonds is 5. The molecule has 0 fully saturated rings. The summed E-state index contributed by atoms with van der Waals surface area (Å²) >= 11 is 1.03. The van der Waals surface area contributed by atoms with Gasteiger partial charge in [-0.3, -0.25) is 9.52 Å². The maximum absolute atomic E-state index is 12.6. The van der Waals surface area contributed by atoms with Crippen LogP contribution >= 0.6 is 11.3 Å². The first-order chi connectivity index (χ1) is 11.9. The number of carbonyl (C=O) groups excluding carboxylic acids is 1. The van der Waals surface area contributed by atoms with Gasteiger partial charge < -0.3 is 14.8 Å². The van der Waals surface area contributed by atoms with Gasteiger partial charge in [0, 0.05) is 12.6 Å². The molecule has 0 spiro atoms.